The quantitative estimate of drug-likeness (QED) is 0.553. The van der Waals surface area contributed by atoms with Crippen molar-refractivity contribution >= 4 is 23.2 Å². The Bertz CT molecular complexity index is 1090. The van der Waals surface area contributed by atoms with Crippen LogP contribution in [-0.4, -0.2) is 25.9 Å². The monoisotopic (exact) mass is 381 g/mol. The molecule has 4 rings (SSSR count). The second-order valence-corrected chi connectivity index (χ2v) is 6.21. The molecule has 0 radical (unpaired) electrons. The second-order valence-electron chi connectivity index (χ2n) is 5.78. The first-order valence-electron chi connectivity index (χ1n) is 8.02. The molecule has 4 aromatic rings. The smallest absolute Gasteiger partial charge is 0.273 e. The van der Waals surface area contributed by atoms with E-state index in [2.05, 4.69) is 20.6 Å². The van der Waals surface area contributed by atoms with Gasteiger partial charge in [-0.25, -0.2) is 9.07 Å². The van der Waals surface area contributed by atoms with Gasteiger partial charge in [0.15, 0.2) is 0 Å². The van der Waals surface area contributed by atoms with Crippen molar-refractivity contribution < 1.29 is 9.18 Å². The highest BCUT2D eigenvalue weighted by Gasteiger charge is 2.11. The number of aromatic nitrogens is 4. The van der Waals surface area contributed by atoms with Gasteiger partial charge in [-0.1, -0.05) is 11.6 Å². The average Bonchev–Trinajstić information content (AvgIpc) is 3.32. The number of nitrogens with zero attached hydrogens (tertiary/aromatic N) is 3. The van der Waals surface area contributed by atoms with Crippen molar-refractivity contribution in [3.63, 3.8) is 0 Å². The fourth-order valence-electron chi connectivity index (χ4n) is 2.54. The summed E-state index contributed by atoms with van der Waals surface area (Å²) in [6, 6.07) is 14.7. The summed E-state index contributed by atoms with van der Waals surface area (Å²) in [5.74, 6) is -0.654. The molecule has 2 aromatic carbocycles. The number of hydrogen-bond acceptors (Lipinski definition) is 3. The third kappa shape index (κ3) is 3.73. The van der Waals surface area contributed by atoms with Crippen molar-refractivity contribution in [2.75, 3.05) is 5.32 Å². The topological polar surface area (TPSA) is 75.6 Å². The predicted molar refractivity (Wildman–Crippen MR) is 101 cm³/mol. The van der Waals surface area contributed by atoms with E-state index in [1.165, 1.54) is 12.1 Å². The SMILES string of the molecule is O=C(Nc1ccc(-n2cc(Cl)cn2)cc1)c1cc(-c2ccc(F)cc2)n[nH]1. The number of rotatable bonds is 4. The molecule has 0 atom stereocenters. The molecule has 27 heavy (non-hydrogen) atoms. The lowest BCUT2D eigenvalue weighted by molar-refractivity contribution is 0.102. The molecule has 0 aliphatic carbocycles. The Morgan fingerprint density at radius 3 is 2.52 bits per heavy atom. The van der Waals surface area contributed by atoms with Gasteiger partial charge in [-0.2, -0.15) is 10.2 Å². The molecule has 0 unspecified atom stereocenters. The Hall–Kier alpha value is -3.45. The Labute approximate surface area is 158 Å². The van der Waals surface area contributed by atoms with Crippen molar-refractivity contribution in [3.05, 3.63) is 83.5 Å². The first-order chi connectivity index (χ1) is 13.1. The summed E-state index contributed by atoms with van der Waals surface area (Å²) in [5, 5.41) is 14.3. The molecule has 2 heterocycles. The first kappa shape index (κ1) is 17.0. The molecular formula is C19H13ClFN5O. The van der Waals surface area contributed by atoms with Crippen LogP contribution in [0.25, 0.3) is 16.9 Å². The summed E-state index contributed by atoms with van der Waals surface area (Å²) in [5.41, 5.74) is 3.03. The lowest BCUT2D eigenvalue weighted by Gasteiger charge is -2.05. The van der Waals surface area contributed by atoms with Gasteiger partial charge in [-0.05, 0) is 54.6 Å². The lowest BCUT2D eigenvalue weighted by Crippen LogP contribution is -2.12. The van der Waals surface area contributed by atoms with Crippen molar-refractivity contribution in [3.8, 4) is 16.9 Å². The summed E-state index contributed by atoms with van der Waals surface area (Å²) >= 11 is 5.86. The van der Waals surface area contributed by atoms with E-state index in [1.54, 1.807) is 47.4 Å². The van der Waals surface area contributed by atoms with Crippen LogP contribution in [0.15, 0.2) is 67.0 Å². The molecule has 1 amide bonds. The molecule has 6 nitrogen and oxygen atoms in total. The number of anilines is 1. The van der Waals surface area contributed by atoms with E-state index < -0.39 is 0 Å². The standard InChI is InChI=1S/C19H13ClFN5O/c20-13-10-22-26(11-13)16-7-5-15(6-8-16)23-19(27)18-9-17(24-25-18)12-1-3-14(21)4-2-12/h1-11H,(H,23,27)(H,24,25). The number of hydrogen-bond donors (Lipinski definition) is 2. The van der Waals surface area contributed by atoms with Gasteiger partial charge in [0.25, 0.3) is 5.91 Å². The van der Waals surface area contributed by atoms with E-state index >= 15 is 0 Å². The van der Waals surface area contributed by atoms with E-state index in [4.69, 9.17) is 11.6 Å². The average molecular weight is 382 g/mol. The normalized spacial score (nSPS) is 10.7. The van der Waals surface area contributed by atoms with Crippen LogP contribution in [0.2, 0.25) is 5.02 Å². The molecular weight excluding hydrogens is 369 g/mol. The van der Waals surface area contributed by atoms with Crippen molar-refractivity contribution in [1.29, 1.82) is 0 Å². The minimum Gasteiger partial charge on any atom is -0.321 e. The van der Waals surface area contributed by atoms with Crippen molar-refractivity contribution in [1.82, 2.24) is 20.0 Å². The fraction of sp³-hybridized carbons (Fsp3) is 0. The number of amides is 1. The molecule has 2 aromatic heterocycles. The maximum atomic E-state index is 13.0. The van der Waals surface area contributed by atoms with E-state index in [0.717, 1.165) is 5.69 Å². The maximum Gasteiger partial charge on any atom is 0.273 e. The number of halogens is 2. The summed E-state index contributed by atoms with van der Waals surface area (Å²) in [6.07, 6.45) is 3.24. The molecule has 0 saturated heterocycles. The highest BCUT2D eigenvalue weighted by Crippen LogP contribution is 2.19. The molecule has 2 N–H and O–H groups in total. The zero-order valence-corrected chi connectivity index (χ0v) is 14.6. The Morgan fingerprint density at radius 2 is 1.85 bits per heavy atom. The summed E-state index contributed by atoms with van der Waals surface area (Å²) in [7, 11) is 0. The maximum absolute atomic E-state index is 13.0. The number of carbonyl (C=O) groups is 1. The van der Waals surface area contributed by atoms with Crippen LogP contribution < -0.4 is 5.32 Å². The Balaban J connectivity index is 1.47. The number of aromatic amines is 1. The van der Waals surface area contributed by atoms with Gasteiger partial charge in [0, 0.05) is 17.4 Å². The van der Waals surface area contributed by atoms with Crippen molar-refractivity contribution in [2.24, 2.45) is 0 Å². The van der Waals surface area contributed by atoms with E-state index in [-0.39, 0.29) is 11.7 Å². The summed E-state index contributed by atoms with van der Waals surface area (Å²) in [4.78, 5) is 12.4. The van der Waals surface area contributed by atoms with Crippen LogP contribution in [0.1, 0.15) is 10.5 Å². The van der Waals surface area contributed by atoms with Gasteiger partial charge in [-0.15, -0.1) is 0 Å². The zero-order valence-electron chi connectivity index (χ0n) is 13.9. The molecule has 8 heteroatoms. The Morgan fingerprint density at radius 1 is 1.11 bits per heavy atom. The summed E-state index contributed by atoms with van der Waals surface area (Å²) < 4.78 is 14.6. The zero-order chi connectivity index (χ0) is 18.8. The molecule has 0 aliphatic rings. The third-order valence-electron chi connectivity index (χ3n) is 3.90. The van der Waals surface area contributed by atoms with Crippen LogP contribution in [-0.2, 0) is 0 Å². The van der Waals surface area contributed by atoms with E-state index in [9.17, 15) is 9.18 Å². The van der Waals surface area contributed by atoms with Gasteiger partial charge in [0.1, 0.15) is 11.5 Å². The van der Waals surface area contributed by atoms with Gasteiger partial charge in [0.2, 0.25) is 0 Å². The number of benzene rings is 2. The van der Waals surface area contributed by atoms with E-state index in [0.29, 0.717) is 27.7 Å². The third-order valence-corrected chi connectivity index (χ3v) is 4.10. The van der Waals surface area contributed by atoms with Crippen LogP contribution in [0, 0.1) is 5.82 Å². The molecule has 0 fully saturated rings. The van der Waals surface area contributed by atoms with Gasteiger partial charge in [0.05, 0.1) is 22.6 Å². The number of carbonyl (C=O) groups excluding carboxylic acids is 1. The number of H-pyrrole nitrogens is 1. The first-order valence-corrected chi connectivity index (χ1v) is 8.39. The highest BCUT2D eigenvalue weighted by atomic mass is 35.5. The lowest BCUT2D eigenvalue weighted by atomic mass is 10.1. The summed E-state index contributed by atoms with van der Waals surface area (Å²) in [6.45, 7) is 0. The predicted octanol–water partition coefficient (Wildman–Crippen LogP) is 4.31. The van der Waals surface area contributed by atoms with Crippen LogP contribution >= 0.6 is 11.6 Å². The minimum atomic E-state index is -0.328. The molecule has 0 aliphatic heterocycles. The molecule has 0 spiro atoms. The van der Waals surface area contributed by atoms with Gasteiger partial charge in [-0.3, -0.25) is 9.89 Å². The van der Waals surface area contributed by atoms with E-state index in [1.807, 2.05) is 12.1 Å². The molecule has 0 bridgehead atoms. The van der Waals surface area contributed by atoms with Gasteiger partial charge < -0.3 is 5.32 Å². The van der Waals surface area contributed by atoms with Gasteiger partial charge >= 0.3 is 0 Å². The minimum absolute atomic E-state index is 0.303. The number of nitrogens with one attached hydrogen (secondary N) is 2. The molecule has 0 saturated carbocycles. The van der Waals surface area contributed by atoms with Crippen LogP contribution in [0.3, 0.4) is 0 Å². The van der Waals surface area contributed by atoms with Crippen molar-refractivity contribution in [2.45, 2.75) is 0 Å². The highest BCUT2D eigenvalue weighted by molar-refractivity contribution is 6.30. The second kappa shape index (κ2) is 7.05. The molecule has 134 valence electrons. The Kier molecular flexibility index (Phi) is 4.43. The van der Waals surface area contributed by atoms with Crippen LogP contribution in [0.4, 0.5) is 10.1 Å². The largest absolute Gasteiger partial charge is 0.321 e. The fourth-order valence-corrected chi connectivity index (χ4v) is 2.68. The van der Waals surface area contributed by atoms with Crippen LogP contribution in [0.5, 0.6) is 0 Å².